The van der Waals surface area contributed by atoms with E-state index in [1.54, 1.807) is 0 Å². The summed E-state index contributed by atoms with van der Waals surface area (Å²) in [5, 5.41) is 8.58. The summed E-state index contributed by atoms with van der Waals surface area (Å²) in [6, 6.07) is 8.78. The lowest BCUT2D eigenvalue weighted by molar-refractivity contribution is 0.678. The van der Waals surface area contributed by atoms with Gasteiger partial charge in [-0.05, 0) is 48.8 Å². The van der Waals surface area contributed by atoms with Crippen molar-refractivity contribution in [1.29, 1.82) is 5.26 Å². The third kappa shape index (κ3) is 1.80. The molecule has 1 aromatic rings. The lowest BCUT2D eigenvalue weighted by Gasteiger charge is -2.18. The van der Waals surface area contributed by atoms with Gasteiger partial charge in [-0.1, -0.05) is 18.2 Å². The fraction of sp³-hybridized carbons (Fsp3) is 0.462. The topological polar surface area (TPSA) is 23.8 Å². The molecule has 1 heteroatoms. The smallest absolute Gasteiger partial charge is 0.0625 e. The van der Waals surface area contributed by atoms with Crippen LogP contribution in [0.15, 0.2) is 18.2 Å². The normalized spacial score (nSPS) is 14.5. The molecule has 0 aromatic heterocycles. The van der Waals surface area contributed by atoms with Crippen LogP contribution in [-0.2, 0) is 19.3 Å². The van der Waals surface area contributed by atoms with Gasteiger partial charge in [0, 0.05) is 6.42 Å². The summed E-state index contributed by atoms with van der Waals surface area (Å²) in [4.78, 5) is 0. The van der Waals surface area contributed by atoms with Gasteiger partial charge in [-0.3, -0.25) is 0 Å². The van der Waals surface area contributed by atoms with Crippen LogP contribution in [0.1, 0.15) is 36.0 Å². The fourth-order valence-electron chi connectivity index (χ4n) is 2.29. The molecule has 72 valence electrons. The maximum absolute atomic E-state index is 8.58. The highest BCUT2D eigenvalue weighted by molar-refractivity contribution is 5.37. The van der Waals surface area contributed by atoms with E-state index in [2.05, 4.69) is 24.3 Å². The average Bonchev–Trinajstić information content (AvgIpc) is 2.26. The molecule has 0 radical (unpaired) electrons. The summed E-state index contributed by atoms with van der Waals surface area (Å²) in [5.41, 5.74) is 4.46. The van der Waals surface area contributed by atoms with Gasteiger partial charge in [0.1, 0.15) is 0 Å². The molecule has 0 saturated carbocycles. The highest BCUT2D eigenvalue weighted by Gasteiger charge is 2.11. The van der Waals surface area contributed by atoms with Crippen LogP contribution in [0, 0.1) is 11.3 Å². The highest BCUT2D eigenvalue weighted by Crippen LogP contribution is 2.25. The first-order valence-electron chi connectivity index (χ1n) is 5.38. The van der Waals surface area contributed by atoms with Gasteiger partial charge in [-0.25, -0.2) is 0 Å². The molecule has 1 nitrogen and oxygen atoms in total. The zero-order valence-corrected chi connectivity index (χ0v) is 8.42. The van der Waals surface area contributed by atoms with Crippen LogP contribution in [0.25, 0.3) is 0 Å². The van der Waals surface area contributed by atoms with Crippen LogP contribution in [0.5, 0.6) is 0 Å². The molecule has 2 rings (SSSR count). The molecule has 0 unspecified atom stereocenters. The molecule has 0 heterocycles. The van der Waals surface area contributed by atoms with Gasteiger partial charge < -0.3 is 0 Å². The van der Waals surface area contributed by atoms with Gasteiger partial charge >= 0.3 is 0 Å². The van der Waals surface area contributed by atoms with Gasteiger partial charge in [-0.2, -0.15) is 5.26 Å². The Labute approximate surface area is 85.4 Å². The quantitative estimate of drug-likeness (QED) is 0.694. The van der Waals surface area contributed by atoms with Crippen molar-refractivity contribution in [3.8, 4) is 6.07 Å². The minimum Gasteiger partial charge on any atom is -0.198 e. The predicted octanol–water partition coefficient (Wildman–Crippen LogP) is 3.02. The van der Waals surface area contributed by atoms with Gasteiger partial charge in [0.2, 0.25) is 0 Å². The van der Waals surface area contributed by atoms with Crippen molar-refractivity contribution in [3.05, 3.63) is 34.9 Å². The maximum atomic E-state index is 8.58. The SMILES string of the molecule is N#CCCc1cccc2c1CCCC2. The highest BCUT2D eigenvalue weighted by atomic mass is 14.2. The van der Waals surface area contributed by atoms with Crippen LogP contribution >= 0.6 is 0 Å². The molecular formula is C13H15N. The zero-order valence-electron chi connectivity index (χ0n) is 8.42. The number of hydrogen-bond donors (Lipinski definition) is 0. The van der Waals surface area contributed by atoms with Crippen molar-refractivity contribution in [2.24, 2.45) is 0 Å². The Morgan fingerprint density at radius 3 is 2.93 bits per heavy atom. The molecule has 0 bridgehead atoms. The molecule has 0 fully saturated rings. The molecule has 14 heavy (non-hydrogen) atoms. The summed E-state index contributed by atoms with van der Waals surface area (Å²) in [7, 11) is 0. The molecule has 0 saturated heterocycles. The Bertz CT molecular complexity index is 360. The lowest BCUT2D eigenvalue weighted by Crippen LogP contribution is -2.06. The molecule has 0 amide bonds. The van der Waals surface area contributed by atoms with E-state index in [1.807, 2.05) is 0 Å². The van der Waals surface area contributed by atoms with E-state index < -0.39 is 0 Å². The first-order chi connectivity index (χ1) is 6.92. The third-order valence-corrected chi connectivity index (χ3v) is 3.00. The van der Waals surface area contributed by atoms with E-state index in [-0.39, 0.29) is 0 Å². The van der Waals surface area contributed by atoms with Crippen LogP contribution in [0.4, 0.5) is 0 Å². The Hall–Kier alpha value is -1.29. The van der Waals surface area contributed by atoms with Crippen molar-refractivity contribution in [1.82, 2.24) is 0 Å². The van der Waals surface area contributed by atoms with E-state index in [4.69, 9.17) is 5.26 Å². The van der Waals surface area contributed by atoms with Crippen molar-refractivity contribution < 1.29 is 0 Å². The summed E-state index contributed by atoms with van der Waals surface area (Å²) in [5.74, 6) is 0. The van der Waals surface area contributed by atoms with Crippen molar-refractivity contribution in [2.75, 3.05) is 0 Å². The Balaban J connectivity index is 2.27. The number of benzene rings is 1. The second kappa shape index (κ2) is 4.28. The molecular weight excluding hydrogens is 170 g/mol. The Kier molecular flexibility index (Phi) is 2.84. The second-order valence-corrected chi connectivity index (χ2v) is 3.92. The van der Waals surface area contributed by atoms with Crippen LogP contribution in [0.3, 0.4) is 0 Å². The minimum absolute atomic E-state index is 0.649. The Morgan fingerprint density at radius 2 is 2.07 bits per heavy atom. The second-order valence-electron chi connectivity index (χ2n) is 3.92. The average molecular weight is 185 g/mol. The Morgan fingerprint density at radius 1 is 1.21 bits per heavy atom. The molecule has 1 aromatic carbocycles. The largest absolute Gasteiger partial charge is 0.198 e. The number of hydrogen-bond acceptors (Lipinski definition) is 1. The van der Waals surface area contributed by atoms with Crippen molar-refractivity contribution in [3.63, 3.8) is 0 Å². The van der Waals surface area contributed by atoms with Crippen LogP contribution in [0.2, 0.25) is 0 Å². The lowest BCUT2D eigenvalue weighted by atomic mass is 9.87. The molecule has 1 aliphatic rings. The van der Waals surface area contributed by atoms with E-state index in [0.29, 0.717) is 6.42 Å². The summed E-state index contributed by atoms with van der Waals surface area (Å²) < 4.78 is 0. The number of aryl methyl sites for hydroxylation is 2. The van der Waals surface area contributed by atoms with Crippen LogP contribution < -0.4 is 0 Å². The summed E-state index contributed by atoms with van der Waals surface area (Å²) >= 11 is 0. The van der Waals surface area contributed by atoms with E-state index in [1.165, 1.54) is 42.4 Å². The van der Waals surface area contributed by atoms with Crippen molar-refractivity contribution >= 4 is 0 Å². The number of nitriles is 1. The van der Waals surface area contributed by atoms with Crippen molar-refractivity contribution in [2.45, 2.75) is 38.5 Å². The van der Waals surface area contributed by atoms with Gasteiger partial charge in [0.05, 0.1) is 6.07 Å². The molecule has 0 spiro atoms. The zero-order chi connectivity index (χ0) is 9.80. The number of rotatable bonds is 2. The van der Waals surface area contributed by atoms with Gasteiger partial charge in [0.25, 0.3) is 0 Å². The standard InChI is InChI=1S/C13H15N/c14-10-4-8-12-7-3-6-11-5-1-2-9-13(11)12/h3,6-7H,1-2,4-5,8-9H2. The first-order valence-corrected chi connectivity index (χ1v) is 5.38. The third-order valence-electron chi connectivity index (χ3n) is 3.00. The van der Waals surface area contributed by atoms with Gasteiger partial charge in [-0.15, -0.1) is 0 Å². The molecule has 1 aliphatic carbocycles. The first kappa shape index (κ1) is 9.27. The summed E-state index contributed by atoms with van der Waals surface area (Å²) in [6.45, 7) is 0. The van der Waals surface area contributed by atoms with E-state index in [0.717, 1.165) is 6.42 Å². The minimum atomic E-state index is 0.649. The maximum Gasteiger partial charge on any atom is 0.0625 e. The molecule has 0 atom stereocenters. The van der Waals surface area contributed by atoms with Gasteiger partial charge in [0.15, 0.2) is 0 Å². The number of nitrogens with zero attached hydrogens (tertiary/aromatic N) is 1. The number of fused-ring (bicyclic) bond motifs is 1. The monoisotopic (exact) mass is 185 g/mol. The van der Waals surface area contributed by atoms with E-state index >= 15 is 0 Å². The fourth-order valence-corrected chi connectivity index (χ4v) is 2.29. The van der Waals surface area contributed by atoms with E-state index in [9.17, 15) is 0 Å². The summed E-state index contributed by atoms with van der Waals surface area (Å²) in [6.07, 6.45) is 6.67. The van der Waals surface area contributed by atoms with Crippen LogP contribution in [-0.4, -0.2) is 0 Å². The molecule has 0 aliphatic heterocycles. The predicted molar refractivity (Wildman–Crippen MR) is 57.0 cm³/mol. The molecule has 0 N–H and O–H groups in total.